The van der Waals surface area contributed by atoms with Crippen LogP contribution >= 0.6 is 0 Å². The van der Waals surface area contributed by atoms with Gasteiger partial charge in [-0.05, 0) is 80.0 Å². The third kappa shape index (κ3) is 6.45. The van der Waals surface area contributed by atoms with Crippen LogP contribution in [0.2, 0.25) is 0 Å². The minimum atomic E-state index is -0.831. The molecule has 0 spiro atoms. The highest BCUT2D eigenvalue weighted by atomic mass is 16.4. The molecule has 0 aromatic rings. The molecule has 0 aliphatic heterocycles. The Kier molecular flexibility index (Phi) is 7.46. The summed E-state index contributed by atoms with van der Waals surface area (Å²) in [6, 6.07) is 0.353. The van der Waals surface area contributed by atoms with Crippen molar-refractivity contribution in [3.8, 4) is 0 Å². The van der Waals surface area contributed by atoms with Gasteiger partial charge in [-0.15, -0.1) is 0 Å². The second-order valence-electron chi connectivity index (χ2n) is 11.3. The summed E-state index contributed by atoms with van der Waals surface area (Å²) >= 11 is 0. The van der Waals surface area contributed by atoms with Gasteiger partial charge in [-0.1, -0.05) is 26.7 Å². The van der Waals surface area contributed by atoms with Crippen LogP contribution in [-0.2, 0) is 14.4 Å². The number of hydrogen-bond donors (Lipinski definition) is 3. The Hall–Kier alpha value is -1.59. The van der Waals surface area contributed by atoms with Crippen LogP contribution in [0.5, 0.6) is 0 Å². The van der Waals surface area contributed by atoms with Gasteiger partial charge in [0, 0.05) is 18.9 Å². The number of carbonyl (C=O) groups is 3. The monoisotopic (exact) mass is 420 g/mol. The largest absolute Gasteiger partial charge is 0.481 e. The van der Waals surface area contributed by atoms with Crippen LogP contribution in [0.25, 0.3) is 0 Å². The van der Waals surface area contributed by atoms with E-state index >= 15 is 0 Å². The Bertz CT molecular complexity index is 611. The molecule has 0 unspecified atom stereocenters. The highest BCUT2D eigenvalue weighted by molar-refractivity contribution is 5.78. The molecule has 5 rings (SSSR count). The van der Waals surface area contributed by atoms with Crippen molar-refractivity contribution in [1.82, 2.24) is 5.32 Å². The van der Waals surface area contributed by atoms with E-state index in [1.807, 2.05) is 13.8 Å². The third-order valence-corrected chi connectivity index (χ3v) is 7.79. The highest BCUT2D eigenvalue weighted by Gasteiger charge is 2.48. The Morgan fingerprint density at radius 1 is 0.933 bits per heavy atom. The van der Waals surface area contributed by atoms with Crippen LogP contribution < -0.4 is 11.1 Å². The van der Waals surface area contributed by atoms with Crippen molar-refractivity contribution in [2.24, 2.45) is 40.7 Å². The first kappa shape index (κ1) is 23.1. The van der Waals surface area contributed by atoms with Crippen LogP contribution in [0, 0.1) is 35.0 Å². The summed E-state index contributed by atoms with van der Waals surface area (Å²) in [6.07, 6.45) is 12.5. The van der Waals surface area contributed by atoms with E-state index in [1.54, 1.807) is 0 Å². The van der Waals surface area contributed by atoms with Gasteiger partial charge in [0.25, 0.3) is 0 Å². The standard InChI is InChI=1S/C17H27NO3.C7H13NO/c1-17(2,9-15(20)21)8-14(19)18-16-12-4-10-3-11(6-12)7-13(16)5-10;8-7(9)5-6-3-1-2-4-6/h10-13,16H,3-9H2,1-2H3,(H,18,19)(H,20,21);6H,1-5H2,(H2,8,9). The number of carbonyl (C=O) groups excluding carboxylic acids is 2. The first-order chi connectivity index (χ1) is 14.1. The minimum Gasteiger partial charge on any atom is -0.481 e. The quantitative estimate of drug-likeness (QED) is 0.581. The van der Waals surface area contributed by atoms with Crippen molar-refractivity contribution in [2.45, 2.75) is 96.9 Å². The molecular weight excluding hydrogens is 380 g/mol. The highest BCUT2D eigenvalue weighted by Crippen LogP contribution is 2.53. The SMILES string of the molecule is CC(C)(CC(=O)O)CC(=O)NC1C2CC3CC(C2)CC1C3.NC(=O)CC1CCCC1. The van der Waals surface area contributed by atoms with Crippen LogP contribution in [-0.4, -0.2) is 28.9 Å². The Balaban J connectivity index is 0.000000239. The van der Waals surface area contributed by atoms with Crippen molar-refractivity contribution in [3.05, 3.63) is 0 Å². The molecular formula is C24H40N2O4. The predicted molar refractivity (Wildman–Crippen MR) is 115 cm³/mol. The van der Waals surface area contributed by atoms with Crippen molar-refractivity contribution in [1.29, 1.82) is 0 Å². The summed E-state index contributed by atoms with van der Waals surface area (Å²) in [6.45, 7) is 3.72. The number of hydrogen-bond acceptors (Lipinski definition) is 3. The predicted octanol–water partition coefficient (Wildman–Crippen LogP) is 3.87. The fourth-order valence-corrected chi connectivity index (χ4v) is 6.80. The van der Waals surface area contributed by atoms with Crippen molar-refractivity contribution < 1.29 is 19.5 Å². The van der Waals surface area contributed by atoms with Gasteiger partial charge in [0.2, 0.25) is 11.8 Å². The molecule has 0 radical (unpaired) electrons. The van der Waals surface area contributed by atoms with E-state index in [1.165, 1.54) is 57.8 Å². The van der Waals surface area contributed by atoms with Crippen LogP contribution in [0.3, 0.4) is 0 Å². The second kappa shape index (κ2) is 9.69. The van der Waals surface area contributed by atoms with Gasteiger partial charge in [-0.3, -0.25) is 14.4 Å². The molecule has 0 atom stereocenters. The van der Waals surface area contributed by atoms with Gasteiger partial charge < -0.3 is 16.2 Å². The zero-order chi connectivity index (χ0) is 21.9. The molecule has 5 saturated carbocycles. The maximum Gasteiger partial charge on any atom is 0.303 e. The zero-order valence-corrected chi connectivity index (χ0v) is 18.7. The smallest absolute Gasteiger partial charge is 0.303 e. The average Bonchev–Trinajstić information content (AvgIpc) is 3.08. The van der Waals surface area contributed by atoms with Gasteiger partial charge in [-0.2, -0.15) is 0 Å². The molecule has 0 heterocycles. The molecule has 6 heteroatoms. The van der Waals surface area contributed by atoms with Gasteiger partial charge in [0.05, 0.1) is 6.42 Å². The second-order valence-corrected chi connectivity index (χ2v) is 11.3. The van der Waals surface area contributed by atoms with Gasteiger partial charge in [-0.25, -0.2) is 0 Å². The number of primary amides is 1. The lowest BCUT2D eigenvalue weighted by Crippen LogP contribution is -2.56. The zero-order valence-electron chi connectivity index (χ0n) is 18.7. The third-order valence-electron chi connectivity index (χ3n) is 7.79. The Labute approximate surface area is 180 Å². The van der Waals surface area contributed by atoms with E-state index in [2.05, 4.69) is 5.32 Å². The topological polar surface area (TPSA) is 109 Å². The van der Waals surface area contributed by atoms with Crippen LogP contribution in [0.15, 0.2) is 0 Å². The molecule has 30 heavy (non-hydrogen) atoms. The van der Waals surface area contributed by atoms with Gasteiger partial charge in [0.15, 0.2) is 0 Å². The number of carboxylic acids is 1. The molecule has 5 aliphatic rings. The maximum atomic E-state index is 12.3. The maximum absolute atomic E-state index is 12.3. The van der Waals surface area contributed by atoms with Crippen LogP contribution in [0.1, 0.15) is 90.9 Å². The van der Waals surface area contributed by atoms with E-state index < -0.39 is 11.4 Å². The molecule has 170 valence electrons. The molecule has 5 fully saturated rings. The van der Waals surface area contributed by atoms with E-state index in [-0.39, 0.29) is 18.2 Å². The lowest BCUT2D eigenvalue weighted by molar-refractivity contribution is -0.140. The summed E-state index contributed by atoms with van der Waals surface area (Å²) in [5, 5.41) is 12.2. The first-order valence-corrected chi connectivity index (χ1v) is 11.9. The lowest BCUT2D eigenvalue weighted by atomic mass is 9.54. The first-order valence-electron chi connectivity index (χ1n) is 11.9. The number of aliphatic carboxylic acids is 1. The molecule has 6 nitrogen and oxygen atoms in total. The molecule has 2 amide bonds. The van der Waals surface area contributed by atoms with E-state index in [0.717, 1.165) is 11.8 Å². The Morgan fingerprint density at radius 3 is 1.93 bits per heavy atom. The van der Waals surface area contributed by atoms with E-state index in [4.69, 9.17) is 10.8 Å². The molecule has 5 aliphatic carbocycles. The molecule has 4 N–H and O–H groups in total. The number of nitrogens with one attached hydrogen (secondary N) is 1. The number of amides is 2. The lowest BCUT2D eigenvalue weighted by Gasteiger charge is -2.54. The minimum absolute atomic E-state index is 0.0405. The molecule has 0 aromatic carbocycles. The van der Waals surface area contributed by atoms with Gasteiger partial charge >= 0.3 is 5.97 Å². The number of carboxylic acid groups (broad SMARTS) is 1. The van der Waals surface area contributed by atoms with Crippen molar-refractivity contribution in [2.75, 3.05) is 0 Å². The summed E-state index contributed by atoms with van der Waals surface area (Å²) in [5.41, 5.74) is 4.56. The molecule has 0 saturated heterocycles. The van der Waals surface area contributed by atoms with Crippen LogP contribution in [0.4, 0.5) is 0 Å². The van der Waals surface area contributed by atoms with E-state index in [0.29, 0.717) is 36.6 Å². The molecule has 4 bridgehead atoms. The van der Waals surface area contributed by atoms with E-state index in [9.17, 15) is 14.4 Å². The average molecular weight is 421 g/mol. The van der Waals surface area contributed by atoms with Crippen molar-refractivity contribution in [3.63, 3.8) is 0 Å². The summed E-state index contributed by atoms with van der Waals surface area (Å²) < 4.78 is 0. The fraction of sp³-hybridized carbons (Fsp3) is 0.875. The normalized spacial score (nSPS) is 32.4. The summed E-state index contributed by atoms with van der Waals surface area (Å²) in [5.74, 6) is 2.85. The Morgan fingerprint density at radius 2 is 1.47 bits per heavy atom. The molecule has 0 aromatic heterocycles. The van der Waals surface area contributed by atoms with Gasteiger partial charge in [0.1, 0.15) is 0 Å². The number of rotatable bonds is 7. The summed E-state index contributed by atoms with van der Waals surface area (Å²) in [4.78, 5) is 33.6. The summed E-state index contributed by atoms with van der Waals surface area (Å²) in [7, 11) is 0. The fourth-order valence-electron chi connectivity index (χ4n) is 6.80. The van der Waals surface area contributed by atoms with Crippen molar-refractivity contribution >= 4 is 17.8 Å². The number of nitrogens with two attached hydrogens (primary N) is 1.